The maximum atomic E-state index is 13.4. The van der Waals surface area contributed by atoms with Gasteiger partial charge < -0.3 is 4.57 Å². The van der Waals surface area contributed by atoms with Crippen molar-refractivity contribution < 1.29 is 4.79 Å². The molecule has 4 heterocycles. The summed E-state index contributed by atoms with van der Waals surface area (Å²) in [5.74, 6) is 0.187. The molecule has 1 amide bonds. The second-order valence-electron chi connectivity index (χ2n) is 8.66. The average Bonchev–Trinajstić information content (AvgIpc) is 3.42. The summed E-state index contributed by atoms with van der Waals surface area (Å²) < 4.78 is 3.74. The molecule has 9 nitrogen and oxygen atoms in total. The number of nitrogens with one attached hydrogen (secondary N) is 2. The summed E-state index contributed by atoms with van der Waals surface area (Å²) in [5, 5.41) is 20.5. The van der Waals surface area contributed by atoms with Gasteiger partial charge in [-0.15, -0.1) is 10.2 Å². The summed E-state index contributed by atoms with van der Waals surface area (Å²) in [4.78, 5) is 31.5. The van der Waals surface area contributed by atoms with Gasteiger partial charge >= 0.3 is 0 Å². The third kappa shape index (κ3) is 5.09. The van der Waals surface area contributed by atoms with Gasteiger partial charge in [-0.2, -0.15) is 0 Å². The van der Waals surface area contributed by atoms with E-state index in [0.29, 0.717) is 20.8 Å². The Hall–Kier alpha value is -4.61. The summed E-state index contributed by atoms with van der Waals surface area (Å²) in [7, 11) is 0. The van der Waals surface area contributed by atoms with Crippen LogP contribution in [0.25, 0.3) is 16.7 Å². The SMILES string of the molecule is N=c1c(C(=O)Nc2nnc(SCc3ccccc3)s2)cc2c(=O)n3ccccc3nc2n1Cc1ccccc1. The normalized spacial score (nSPS) is 11.2. The van der Waals surface area contributed by atoms with E-state index in [9.17, 15) is 9.59 Å². The Morgan fingerprint density at radius 1 is 0.949 bits per heavy atom. The lowest BCUT2D eigenvalue weighted by molar-refractivity contribution is 0.102. The van der Waals surface area contributed by atoms with E-state index < -0.39 is 5.91 Å². The van der Waals surface area contributed by atoms with Gasteiger partial charge in [0, 0.05) is 11.9 Å². The first-order valence-corrected chi connectivity index (χ1v) is 13.8. The van der Waals surface area contributed by atoms with E-state index in [-0.39, 0.29) is 28.5 Å². The van der Waals surface area contributed by atoms with Crippen LogP contribution in [0.4, 0.5) is 5.13 Å². The molecule has 6 rings (SSSR count). The van der Waals surface area contributed by atoms with Crippen LogP contribution in [0.2, 0.25) is 0 Å². The Morgan fingerprint density at radius 2 is 1.67 bits per heavy atom. The number of carbonyl (C=O) groups excluding carboxylic acids is 1. The van der Waals surface area contributed by atoms with Crippen LogP contribution < -0.4 is 16.4 Å². The van der Waals surface area contributed by atoms with Crippen molar-refractivity contribution in [2.24, 2.45) is 0 Å². The van der Waals surface area contributed by atoms with Crippen molar-refractivity contribution in [1.82, 2.24) is 24.1 Å². The van der Waals surface area contributed by atoms with Crippen LogP contribution in [0.5, 0.6) is 0 Å². The second kappa shape index (κ2) is 10.6. The van der Waals surface area contributed by atoms with Crippen LogP contribution in [0, 0.1) is 5.41 Å². The minimum Gasteiger partial charge on any atom is -0.306 e. The largest absolute Gasteiger partial charge is 0.306 e. The van der Waals surface area contributed by atoms with Crippen molar-refractivity contribution in [2.75, 3.05) is 5.32 Å². The predicted octanol–water partition coefficient (Wildman–Crippen LogP) is 4.57. The molecule has 39 heavy (non-hydrogen) atoms. The third-order valence-electron chi connectivity index (χ3n) is 6.08. The van der Waals surface area contributed by atoms with Crippen molar-refractivity contribution in [3.05, 3.63) is 124 Å². The van der Waals surface area contributed by atoms with E-state index in [4.69, 9.17) is 5.41 Å². The van der Waals surface area contributed by atoms with Gasteiger partial charge in [0.25, 0.3) is 11.5 Å². The first-order chi connectivity index (χ1) is 19.1. The minimum atomic E-state index is -0.544. The average molecular weight is 552 g/mol. The molecule has 0 aliphatic rings. The fourth-order valence-electron chi connectivity index (χ4n) is 4.18. The van der Waals surface area contributed by atoms with Crippen LogP contribution in [-0.2, 0) is 12.3 Å². The highest BCUT2D eigenvalue weighted by Gasteiger charge is 2.19. The predicted molar refractivity (Wildman–Crippen MR) is 152 cm³/mol. The molecule has 11 heteroatoms. The topological polar surface area (TPSA) is 118 Å². The fraction of sp³-hybridized carbons (Fsp3) is 0.0714. The van der Waals surface area contributed by atoms with Crippen molar-refractivity contribution in [1.29, 1.82) is 5.41 Å². The van der Waals surface area contributed by atoms with Crippen molar-refractivity contribution in [2.45, 2.75) is 16.6 Å². The Labute approximate surface area is 230 Å². The molecular formula is C28H21N7O2S2. The Morgan fingerprint density at radius 3 is 2.44 bits per heavy atom. The van der Waals surface area contributed by atoms with Crippen LogP contribution in [-0.4, -0.2) is 30.1 Å². The van der Waals surface area contributed by atoms with E-state index >= 15 is 0 Å². The number of carbonyl (C=O) groups is 1. The summed E-state index contributed by atoms with van der Waals surface area (Å²) in [6.07, 6.45) is 1.63. The van der Waals surface area contributed by atoms with Crippen LogP contribution in [0.1, 0.15) is 21.5 Å². The third-order valence-corrected chi connectivity index (χ3v) is 8.12. The van der Waals surface area contributed by atoms with Gasteiger partial charge in [0.15, 0.2) is 4.34 Å². The highest BCUT2D eigenvalue weighted by Crippen LogP contribution is 2.28. The maximum absolute atomic E-state index is 13.4. The molecule has 0 unspecified atom stereocenters. The highest BCUT2D eigenvalue weighted by molar-refractivity contribution is 8.00. The molecule has 0 fully saturated rings. The zero-order valence-corrected chi connectivity index (χ0v) is 22.1. The summed E-state index contributed by atoms with van der Waals surface area (Å²) in [6.45, 7) is 0.270. The molecule has 0 saturated heterocycles. The highest BCUT2D eigenvalue weighted by atomic mass is 32.2. The molecule has 0 radical (unpaired) electrons. The molecule has 0 saturated carbocycles. The molecule has 192 valence electrons. The number of aromatic nitrogens is 5. The van der Waals surface area contributed by atoms with Crippen LogP contribution >= 0.6 is 23.1 Å². The summed E-state index contributed by atoms with van der Waals surface area (Å²) in [5.41, 5.74) is 2.54. The molecule has 0 aliphatic carbocycles. The first-order valence-electron chi connectivity index (χ1n) is 12.0. The smallest absolute Gasteiger partial charge is 0.267 e. The second-order valence-corrected chi connectivity index (χ2v) is 10.9. The minimum absolute atomic E-state index is 0.0434. The first kappa shape index (κ1) is 24.7. The number of amides is 1. The number of hydrogen-bond donors (Lipinski definition) is 2. The molecule has 0 aliphatic heterocycles. The van der Waals surface area contributed by atoms with Crippen molar-refractivity contribution in [3.63, 3.8) is 0 Å². The van der Waals surface area contributed by atoms with E-state index in [1.807, 2.05) is 60.7 Å². The quantitative estimate of drug-likeness (QED) is 0.170. The van der Waals surface area contributed by atoms with Gasteiger partial charge in [-0.3, -0.25) is 24.7 Å². The van der Waals surface area contributed by atoms with Crippen LogP contribution in [0.15, 0.2) is 100 Å². The zero-order valence-electron chi connectivity index (χ0n) is 20.4. The van der Waals surface area contributed by atoms with Crippen LogP contribution in [0.3, 0.4) is 0 Å². The van der Waals surface area contributed by atoms with Gasteiger partial charge in [-0.25, -0.2) is 4.98 Å². The molecule has 2 aromatic carbocycles. The van der Waals surface area contributed by atoms with Gasteiger partial charge in [0.2, 0.25) is 5.13 Å². The van der Waals surface area contributed by atoms with E-state index in [0.717, 1.165) is 16.9 Å². The molecule has 0 bridgehead atoms. The number of pyridine rings is 2. The van der Waals surface area contributed by atoms with Crippen molar-refractivity contribution >= 4 is 50.8 Å². The number of nitrogens with zero attached hydrogens (tertiary/aromatic N) is 5. The van der Waals surface area contributed by atoms with E-state index in [1.54, 1.807) is 29.0 Å². The molecule has 6 aromatic rings. The number of hydrogen-bond acceptors (Lipinski definition) is 8. The lowest BCUT2D eigenvalue weighted by Gasteiger charge is -2.14. The fourth-order valence-corrected chi connectivity index (χ4v) is 5.89. The zero-order chi connectivity index (χ0) is 26.8. The lowest BCUT2D eigenvalue weighted by Crippen LogP contribution is -2.32. The van der Waals surface area contributed by atoms with Gasteiger partial charge in [-0.05, 0) is 29.3 Å². The standard InChI is InChI=1S/C28H21N7O2S2/c29-23-20(25(36)31-27-32-33-28(39-27)38-17-19-11-5-2-6-12-19)15-21-24(35(23)16-18-9-3-1-4-10-18)30-22-13-7-8-14-34(22)26(21)37/h1-15,29H,16-17H2,(H,31,32,36). The number of benzene rings is 2. The number of fused-ring (bicyclic) bond motifs is 2. The summed E-state index contributed by atoms with van der Waals surface area (Å²) in [6, 6.07) is 26.3. The van der Waals surface area contributed by atoms with Gasteiger partial charge in [0.1, 0.15) is 16.8 Å². The molecule has 0 atom stereocenters. The van der Waals surface area contributed by atoms with Gasteiger partial charge in [0.05, 0.1) is 17.5 Å². The number of rotatable bonds is 7. The number of anilines is 1. The summed E-state index contributed by atoms with van der Waals surface area (Å²) >= 11 is 2.79. The van der Waals surface area contributed by atoms with E-state index in [2.05, 4.69) is 20.5 Å². The molecule has 0 spiro atoms. The molecular weight excluding hydrogens is 530 g/mol. The number of thioether (sulfide) groups is 1. The Balaban J connectivity index is 1.37. The Bertz CT molecular complexity index is 1930. The molecule has 4 aromatic heterocycles. The monoisotopic (exact) mass is 551 g/mol. The van der Waals surface area contributed by atoms with E-state index in [1.165, 1.54) is 33.6 Å². The Kier molecular flexibility index (Phi) is 6.74. The maximum Gasteiger partial charge on any atom is 0.267 e. The molecule has 2 N–H and O–H groups in total. The van der Waals surface area contributed by atoms with Gasteiger partial charge in [-0.1, -0.05) is 89.8 Å². The lowest BCUT2D eigenvalue weighted by atomic mass is 10.1. The van der Waals surface area contributed by atoms with Crippen molar-refractivity contribution in [3.8, 4) is 0 Å².